The molecule has 1 aromatic rings. The third-order valence-electron chi connectivity index (χ3n) is 3.48. The summed E-state index contributed by atoms with van der Waals surface area (Å²) in [5.41, 5.74) is 1.34. The molecule has 1 N–H and O–H groups in total. The first-order valence-corrected chi connectivity index (χ1v) is 5.58. The summed E-state index contributed by atoms with van der Waals surface area (Å²) in [4.78, 5) is 4.14. The van der Waals surface area contributed by atoms with E-state index >= 15 is 0 Å². The zero-order valence-electron chi connectivity index (χ0n) is 8.73. The van der Waals surface area contributed by atoms with Crippen LogP contribution < -0.4 is 5.32 Å². The summed E-state index contributed by atoms with van der Waals surface area (Å²) in [6.45, 7) is 0. The maximum absolute atomic E-state index is 5.77. The second-order valence-electron chi connectivity index (χ2n) is 4.30. The molecule has 0 aliphatic carbocycles. The van der Waals surface area contributed by atoms with E-state index < -0.39 is 0 Å². The van der Waals surface area contributed by atoms with Gasteiger partial charge in [-0.2, -0.15) is 0 Å². The average molecular weight is 282 g/mol. The topological polar surface area (TPSA) is 24.9 Å². The van der Waals surface area contributed by atoms with Gasteiger partial charge in [-0.15, -0.1) is 24.8 Å². The summed E-state index contributed by atoms with van der Waals surface area (Å²) in [5.74, 6) is 0.665. The van der Waals surface area contributed by atoms with Crippen LogP contribution in [-0.4, -0.2) is 17.1 Å². The molecule has 0 unspecified atom stereocenters. The molecular formula is C11H15Cl3N2. The van der Waals surface area contributed by atoms with Crippen molar-refractivity contribution in [1.29, 1.82) is 0 Å². The highest BCUT2D eigenvalue weighted by molar-refractivity contribution is 6.29. The smallest absolute Gasteiger partial charge is 0.129 e. The Morgan fingerprint density at radius 1 is 1.25 bits per heavy atom. The number of hydrogen-bond acceptors (Lipinski definition) is 2. The number of nitrogens with one attached hydrogen (secondary N) is 1. The van der Waals surface area contributed by atoms with Gasteiger partial charge in [0.1, 0.15) is 5.15 Å². The summed E-state index contributed by atoms with van der Waals surface area (Å²) >= 11 is 5.77. The maximum Gasteiger partial charge on any atom is 0.129 e. The highest BCUT2D eigenvalue weighted by Gasteiger charge is 2.39. The van der Waals surface area contributed by atoms with Crippen molar-refractivity contribution < 1.29 is 0 Å². The van der Waals surface area contributed by atoms with Crippen LogP contribution in [0, 0.1) is 0 Å². The zero-order valence-corrected chi connectivity index (χ0v) is 11.1. The highest BCUT2D eigenvalue weighted by Crippen LogP contribution is 2.39. The van der Waals surface area contributed by atoms with Crippen molar-refractivity contribution in [2.45, 2.75) is 37.3 Å². The fourth-order valence-electron chi connectivity index (χ4n) is 2.80. The van der Waals surface area contributed by atoms with Gasteiger partial charge in [-0.1, -0.05) is 17.7 Å². The van der Waals surface area contributed by atoms with Crippen molar-refractivity contribution in [3.63, 3.8) is 0 Å². The van der Waals surface area contributed by atoms with Crippen LogP contribution in [0.15, 0.2) is 18.3 Å². The van der Waals surface area contributed by atoms with Gasteiger partial charge in [-0.25, -0.2) is 4.98 Å². The second-order valence-corrected chi connectivity index (χ2v) is 4.69. The molecule has 2 aliphatic rings. The van der Waals surface area contributed by atoms with Gasteiger partial charge < -0.3 is 5.32 Å². The minimum Gasteiger partial charge on any atom is -0.311 e. The molecule has 5 heteroatoms. The Morgan fingerprint density at radius 2 is 2.06 bits per heavy atom. The lowest BCUT2D eigenvalue weighted by Gasteiger charge is -2.19. The molecule has 0 saturated carbocycles. The van der Waals surface area contributed by atoms with E-state index in [9.17, 15) is 0 Å². The van der Waals surface area contributed by atoms with Gasteiger partial charge in [0, 0.05) is 24.2 Å². The van der Waals surface area contributed by atoms with Crippen LogP contribution >= 0.6 is 36.4 Å². The minimum absolute atomic E-state index is 0. The molecule has 3 rings (SSSR count). The van der Waals surface area contributed by atoms with Crippen LogP contribution in [-0.2, 0) is 0 Å². The van der Waals surface area contributed by atoms with Crippen molar-refractivity contribution in [2.75, 3.05) is 0 Å². The Bertz CT molecular complexity index is 342. The predicted molar refractivity (Wildman–Crippen MR) is 71.0 cm³/mol. The van der Waals surface area contributed by atoms with Crippen molar-refractivity contribution >= 4 is 36.4 Å². The molecule has 0 amide bonds. The number of aromatic nitrogens is 1. The normalized spacial score (nSPS) is 30.7. The van der Waals surface area contributed by atoms with E-state index in [-0.39, 0.29) is 24.8 Å². The van der Waals surface area contributed by atoms with E-state index in [0.717, 1.165) is 6.04 Å². The monoisotopic (exact) mass is 280 g/mol. The van der Waals surface area contributed by atoms with Crippen LogP contribution in [0.4, 0.5) is 0 Å². The molecule has 2 saturated heterocycles. The quantitative estimate of drug-likeness (QED) is 0.800. The zero-order chi connectivity index (χ0) is 9.54. The Labute approximate surface area is 113 Å². The van der Waals surface area contributed by atoms with Crippen LogP contribution in [0.1, 0.15) is 30.7 Å². The van der Waals surface area contributed by atoms with Crippen LogP contribution in [0.5, 0.6) is 0 Å². The summed E-state index contributed by atoms with van der Waals surface area (Å²) in [5, 5.41) is 4.22. The van der Waals surface area contributed by atoms with Crippen LogP contribution in [0.25, 0.3) is 0 Å². The lowest BCUT2D eigenvalue weighted by molar-refractivity contribution is 0.505. The van der Waals surface area contributed by atoms with Crippen molar-refractivity contribution in [2.24, 2.45) is 0 Å². The van der Waals surface area contributed by atoms with Gasteiger partial charge in [0.05, 0.1) is 0 Å². The molecule has 1 aromatic heterocycles. The fourth-order valence-corrected chi connectivity index (χ4v) is 2.91. The third-order valence-corrected chi connectivity index (χ3v) is 3.70. The van der Waals surface area contributed by atoms with Gasteiger partial charge in [0.25, 0.3) is 0 Å². The van der Waals surface area contributed by atoms with Crippen molar-refractivity contribution in [1.82, 2.24) is 10.3 Å². The highest BCUT2D eigenvalue weighted by atomic mass is 35.5. The van der Waals surface area contributed by atoms with E-state index in [4.69, 9.17) is 11.6 Å². The molecule has 2 bridgehead atoms. The number of nitrogens with zero attached hydrogens (tertiary/aromatic N) is 1. The molecule has 0 radical (unpaired) electrons. The number of hydrogen-bond donors (Lipinski definition) is 1. The number of halogens is 3. The van der Waals surface area contributed by atoms with Gasteiger partial charge in [0.15, 0.2) is 0 Å². The van der Waals surface area contributed by atoms with Crippen LogP contribution in [0.2, 0.25) is 5.15 Å². The van der Waals surface area contributed by atoms with E-state index in [2.05, 4.69) is 16.4 Å². The molecule has 0 spiro atoms. The fraction of sp³-hybridized carbons (Fsp3) is 0.545. The molecule has 3 heterocycles. The third kappa shape index (κ3) is 2.45. The Balaban J connectivity index is 0.000000640. The molecule has 2 fully saturated rings. The predicted octanol–water partition coefficient (Wildman–Crippen LogP) is 3.19. The molecule has 2 nitrogen and oxygen atoms in total. The molecule has 16 heavy (non-hydrogen) atoms. The Kier molecular flexibility index (Phi) is 4.87. The van der Waals surface area contributed by atoms with Gasteiger partial charge in [-0.05, 0) is 30.9 Å². The maximum atomic E-state index is 5.77. The minimum atomic E-state index is 0. The average Bonchev–Trinajstić information content (AvgIpc) is 2.80. The summed E-state index contributed by atoms with van der Waals surface area (Å²) in [7, 11) is 0. The molecular weight excluding hydrogens is 266 g/mol. The van der Waals surface area contributed by atoms with Crippen LogP contribution in [0.3, 0.4) is 0 Å². The van der Waals surface area contributed by atoms with E-state index in [1.54, 1.807) is 0 Å². The first-order valence-electron chi connectivity index (χ1n) is 5.20. The van der Waals surface area contributed by atoms with Gasteiger partial charge >= 0.3 is 0 Å². The lowest BCUT2D eigenvalue weighted by Crippen LogP contribution is -2.21. The first-order chi connectivity index (χ1) is 6.83. The van der Waals surface area contributed by atoms with Gasteiger partial charge in [-0.3, -0.25) is 0 Å². The summed E-state index contributed by atoms with van der Waals surface area (Å²) < 4.78 is 0. The molecule has 2 aliphatic heterocycles. The lowest BCUT2D eigenvalue weighted by atomic mass is 9.85. The van der Waals surface area contributed by atoms with E-state index in [1.807, 2.05) is 12.3 Å². The van der Waals surface area contributed by atoms with Gasteiger partial charge in [0.2, 0.25) is 0 Å². The number of fused-ring (bicyclic) bond motifs is 2. The van der Waals surface area contributed by atoms with Crippen molar-refractivity contribution in [3.8, 4) is 0 Å². The number of rotatable bonds is 1. The SMILES string of the molecule is Cl.Cl.Clc1ccc([C@H]2C[C@@H]3CC[C@H]2N3)cn1. The van der Waals surface area contributed by atoms with Crippen molar-refractivity contribution in [3.05, 3.63) is 29.0 Å². The Hall–Kier alpha value is -0.0200. The standard InChI is InChI=1S/C11H13ClN2.2ClH/c12-11-4-1-7(6-13-11)9-5-8-2-3-10(9)14-8;;/h1,4,6,8-10,14H,2-3,5H2;2*1H/t8-,9+,10+;;/m0../s1. The first kappa shape index (κ1) is 14.0. The number of pyridine rings is 1. The summed E-state index contributed by atoms with van der Waals surface area (Å²) in [6, 6.07) is 5.44. The second kappa shape index (κ2) is 5.54. The Morgan fingerprint density at radius 3 is 2.56 bits per heavy atom. The van der Waals surface area contributed by atoms with E-state index in [0.29, 0.717) is 17.1 Å². The largest absolute Gasteiger partial charge is 0.311 e. The summed E-state index contributed by atoms with van der Waals surface area (Å²) in [6.07, 6.45) is 5.86. The van der Waals surface area contributed by atoms with E-state index in [1.165, 1.54) is 24.8 Å². The molecule has 0 aromatic carbocycles. The molecule has 90 valence electrons. The molecule has 3 atom stereocenters.